The number of piperidine rings is 1. The molecule has 128 valence electrons. The molecule has 0 aromatic carbocycles. The lowest BCUT2D eigenvalue weighted by molar-refractivity contribution is -0.152. The number of ether oxygens (including phenoxy) is 1. The normalized spacial score (nSPS) is 17.8. The van der Waals surface area contributed by atoms with Crippen molar-refractivity contribution in [2.45, 2.75) is 45.6 Å². The summed E-state index contributed by atoms with van der Waals surface area (Å²) in [5.74, 6) is -0.491. The second kappa shape index (κ2) is 6.13. The van der Waals surface area contributed by atoms with Crippen LogP contribution in [-0.4, -0.2) is 61.0 Å². The first-order valence-electron chi connectivity index (χ1n) is 7.55. The predicted octanol–water partition coefficient (Wildman–Crippen LogP) is 0.854. The minimum absolute atomic E-state index is 0.207. The molecule has 2 rings (SSSR count). The second-order valence-corrected chi connectivity index (χ2v) is 6.92. The van der Waals surface area contributed by atoms with Gasteiger partial charge in [0.25, 0.3) is 0 Å². The van der Waals surface area contributed by atoms with Crippen molar-refractivity contribution in [2.24, 2.45) is 12.5 Å². The van der Waals surface area contributed by atoms with E-state index in [0.717, 1.165) is 0 Å². The van der Waals surface area contributed by atoms with Crippen molar-refractivity contribution in [3.63, 3.8) is 0 Å². The van der Waals surface area contributed by atoms with Gasteiger partial charge in [0.15, 0.2) is 5.82 Å². The molecular formula is C14H23N5O4. The Labute approximate surface area is 134 Å². The SMILES string of the molecule is Cn1nnc(CC2(C(=O)O)CCN(C(=O)OC(C)(C)C)CC2)n1. The zero-order valence-electron chi connectivity index (χ0n) is 13.9. The summed E-state index contributed by atoms with van der Waals surface area (Å²) in [5.41, 5.74) is -1.54. The zero-order valence-corrected chi connectivity index (χ0v) is 13.9. The number of nitrogens with zero attached hydrogens (tertiary/aromatic N) is 5. The Morgan fingerprint density at radius 2 is 1.91 bits per heavy atom. The minimum atomic E-state index is -0.971. The van der Waals surface area contributed by atoms with E-state index in [1.807, 2.05) is 0 Å². The van der Waals surface area contributed by atoms with Gasteiger partial charge in [-0.05, 0) is 38.8 Å². The number of hydrogen-bond donors (Lipinski definition) is 1. The van der Waals surface area contributed by atoms with Crippen LogP contribution in [0, 0.1) is 5.41 Å². The van der Waals surface area contributed by atoms with Gasteiger partial charge in [-0.2, -0.15) is 4.80 Å². The topological polar surface area (TPSA) is 110 Å². The number of hydrogen-bond acceptors (Lipinski definition) is 6. The van der Waals surface area contributed by atoms with Crippen LogP contribution in [0.1, 0.15) is 39.4 Å². The molecule has 1 aliphatic heterocycles. The van der Waals surface area contributed by atoms with Crippen LogP contribution in [0.5, 0.6) is 0 Å². The Morgan fingerprint density at radius 1 is 1.30 bits per heavy atom. The largest absolute Gasteiger partial charge is 0.481 e. The van der Waals surface area contributed by atoms with Crippen molar-refractivity contribution in [3.8, 4) is 0 Å². The molecule has 0 aliphatic carbocycles. The van der Waals surface area contributed by atoms with Crippen LogP contribution >= 0.6 is 0 Å². The number of aliphatic carboxylic acids is 1. The van der Waals surface area contributed by atoms with Crippen molar-refractivity contribution in [2.75, 3.05) is 13.1 Å². The number of amides is 1. The number of aromatic nitrogens is 4. The summed E-state index contributed by atoms with van der Waals surface area (Å²) in [6.45, 7) is 6.07. The molecule has 0 saturated carbocycles. The lowest BCUT2D eigenvalue weighted by Gasteiger charge is -2.38. The van der Waals surface area contributed by atoms with Gasteiger partial charge in [0.05, 0.1) is 12.5 Å². The molecule has 9 nitrogen and oxygen atoms in total. The first kappa shape index (κ1) is 17.2. The number of carboxylic acid groups (broad SMARTS) is 1. The average molecular weight is 325 g/mol. The van der Waals surface area contributed by atoms with Gasteiger partial charge in [0, 0.05) is 19.5 Å². The standard InChI is InChI=1S/C14H23N5O4/c1-13(2,3)23-12(22)19-7-5-14(6-8-19,11(20)21)9-10-15-17-18(4)16-10/h5-9H2,1-4H3,(H,20,21). The molecule has 0 atom stereocenters. The number of tetrazole rings is 1. The molecule has 2 heterocycles. The van der Waals surface area contributed by atoms with Crippen molar-refractivity contribution < 1.29 is 19.4 Å². The molecule has 0 unspecified atom stereocenters. The fraction of sp³-hybridized carbons (Fsp3) is 0.786. The van der Waals surface area contributed by atoms with Crippen LogP contribution < -0.4 is 0 Å². The zero-order chi connectivity index (χ0) is 17.3. The number of carbonyl (C=O) groups is 2. The molecule has 23 heavy (non-hydrogen) atoms. The van der Waals surface area contributed by atoms with Crippen molar-refractivity contribution in [1.82, 2.24) is 25.1 Å². The quantitative estimate of drug-likeness (QED) is 0.877. The van der Waals surface area contributed by atoms with Gasteiger partial charge < -0.3 is 14.7 Å². The Balaban J connectivity index is 2.03. The van der Waals surface area contributed by atoms with E-state index in [1.165, 1.54) is 4.80 Å². The van der Waals surface area contributed by atoms with E-state index in [9.17, 15) is 14.7 Å². The number of likely N-dealkylation sites (tertiary alicyclic amines) is 1. The maximum Gasteiger partial charge on any atom is 0.410 e. The Hall–Kier alpha value is -2.19. The third-order valence-corrected chi connectivity index (χ3v) is 3.87. The number of carbonyl (C=O) groups excluding carboxylic acids is 1. The summed E-state index contributed by atoms with van der Waals surface area (Å²) in [6, 6.07) is 0. The fourth-order valence-electron chi connectivity index (χ4n) is 2.61. The Bertz CT molecular complexity index is 584. The second-order valence-electron chi connectivity index (χ2n) is 6.92. The van der Waals surface area contributed by atoms with Crippen molar-refractivity contribution in [1.29, 1.82) is 0 Å². The molecule has 0 bridgehead atoms. The highest BCUT2D eigenvalue weighted by molar-refractivity contribution is 5.76. The molecule has 1 aromatic rings. The fourth-order valence-corrected chi connectivity index (χ4v) is 2.61. The molecule has 9 heteroatoms. The Morgan fingerprint density at radius 3 is 2.35 bits per heavy atom. The summed E-state index contributed by atoms with van der Waals surface area (Å²) < 4.78 is 5.33. The molecule has 1 aromatic heterocycles. The van der Waals surface area contributed by atoms with Gasteiger partial charge in [-0.1, -0.05) is 0 Å². The third-order valence-electron chi connectivity index (χ3n) is 3.87. The van der Waals surface area contributed by atoms with Gasteiger partial charge >= 0.3 is 12.1 Å². The number of carboxylic acids is 1. The third kappa shape index (κ3) is 4.17. The Kier molecular flexibility index (Phi) is 4.58. The number of aryl methyl sites for hydroxylation is 1. The first-order chi connectivity index (χ1) is 10.6. The summed E-state index contributed by atoms with van der Waals surface area (Å²) in [6.07, 6.45) is 0.465. The molecule has 0 radical (unpaired) electrons. The highest BCUT2D eigenvalue weighted by Gasteiger charge is 2.44. The van der Waals surface area contributed by atoms with Crippen LogP contribution in [0.3, 0.4) is 0 Å². The average Bonchev–Trinajstić information content (AvgIpc) is 2.82. The summed E-state index contributed by atoms with van der Waals surface area (Å²) in [5, 5.41) is 21.3. The van der Waals surface area contributed by atoms with Crippen LogP contribution in [0.4, 0.5) is 4.79 Å². The van der Waals surface area contributed by atoms with E-state index in [1.54, 1.807) is 32.7 Å². The predicted molar refractivity (Wildman–Crippen MR) is 79.6 cm³/mol. The van der Waals surface area contributed by atoms with E-state index in [0.29, 0.717) is 31.8 Å². The minimum Gasteiger partial charge on any atom is -0.481 e. The lowest BCUT2D eigenvalue weighted by atomic mass is 9.75. The molecule has 1 aliphatic rings. The monoisotopic (exact) mass is 325 g/mol. The van der Waals surface area contributed by atoms with Gasteiger partial charge in [0.1, 0.15) is 5.60 Å². The maximum absolute atomic E-state index is 12.1. The smallest absolute Gasteiger partial charge is 0.410 e. The molecular weight excluding hydrogens is 302 g/mol. The van der Waals surface area contributed by atoms with Gasteiger partial charge in [-0.25, -0.2) is 4.79 Å². The van der Waals surface area contributed by atoms with Gasteiger partial charge in [-0.3, -0.25) is 4.79 Å². The van der Waals surface area contributed by atoms with Crippen LogP contribution in [0.2, 0.25) is 0 Å². The highest BCUT2D eigenvalue weighted by atomic mass is 16.6. The summed E-state index contributed by atoms with van der Waals surface area (Å²) in [4.78, 5) is 26.7. The molecule has 1 amide bonds. The van der Waals surface area contributed by atoms with Gasteiger partial charge in [-0.15, -0.1) is 10.2 Å². The number of rotatable bonds is 3. The summed E-state index contributed by atoms with van der Waals surface area (Å²) in [7, 11) is 1.63. The lowest BCUT2D eigenvalue weighted by Crippen LogP contribution is -2.48. The van der Waals surface area contributed by atoms with Crippen LogP contribution in [0.25, 0.3) is 0 Å². The van der Waals surface area contributed by atoms with Crippen LogP contribution in [0.15, 0.2) is 0 Å². The van der Waals surface area contributed by atoms with Crippen molar-refractivity contribution >= 4 is 12.1 Å². The van der Waals surface area contributed by atoms with Gasteiger partial charge in [0.2, 0.25) is 0 Å². The highest BCUT2D eigenvalue weighted by Crippen LogP contribution is 2.35. The van der Waals surface area contributed by atoms with E-state index >= 15 is 0 Å². The maximum atomic E-state index is 12.1. The molecule has 1 N–H and O–H groups in total. The van der Waals surface area contributed by atoms with E-state index in [4.69, 9.17) is 4.74 Å². The van der Waals surface area contributed by atoms with Crippen LogP contribution in [-0.2, 0) is 23.0 Å². The van der Waals surface area contributed by atoms with E-state index in [-0.39, 0.29) is 6.42 Å². The first-order valence-corrected chi connectivity index (χ1v) is 7.55. The van der Waals surface area contributed by atoms with Crippen molar-refractivity contribution in [3.05, 3.63) is 5.82 Å². The summed E-state index contributed by atoms with van der Waals surface area (Å²) >= 11 is 0. The van der Waals surface area contributed by atoms with E-state index < -0.39 is 23.1 Å². The molecule has 1 fully saturated rings. The van der Waals surface area contributed by atoms with E-state index in [2.05, 4.69) is 15.4 Å². The molecule has 1 saturated heterocycles. The molecule has 0 spiro atoms.